The molecule has 2 aromatic heterocycles. The minimum absolute atomic E-state index is 0.0687. The van der Waals surface area contributed by atoms with Gasteiger partial charge >= 0.3 is 12.1 Å². The summed E-state index contributed by atoms with van der Waals surface area (Å²) in [5, 5.41) is 14.8. The smallest absolute Gasteiger partial charge is 0.437 e. The molecule has 0 spiro atoms. The molecule has 364 valence electrons. The van der Waals surface area contributed by atoms with Gasteiger partial charge in [0.2, 0.25) is 0 Å². The maximum atomic E-state index is 14.8. The first kappa shape index (κ1) is 49.9. The summed E-state index contributed by atoms with van der Waals surface area (Å²) in [6, 6.07) is 31.8. The van der Waals surface area contributed by atoms with E-state index >= 15 is 0 Å². The maximum Gasteiger partial charge on any atom is 0.437 e. The first-order chi connectivity index (χ1) is 33.4. The highest BCUT2D eigenvalue weighted by Gasteiger charge is 2.40. The van der Waals surface area contributed by atoms with Gasteiger partial charge in [-0.25, -0.2) is 14.6 Å². The Labute approximate surface area is 417 Å². The van der Waals surface area contributed by atoms with Crippen molar-refractivity contribution < 1.29 is 33.3 Å². The van der Waals surface area contributed by atoms with Crippen LogP contribution < -0.4 is 15.4 Å². The molecule has 2 N–H and O–H groups in total. The van der Waals surface area contributed by atoms with Gasteiger partial charge in [0, 0.05) is 50.8 Å². The van der Waals surface area contributed by atoms with Gasteiger partial charge < -0.3 is 29.6 Å². The largest absolute Gasteiger partial charge is 0.489 e. The van der Waals surface area contributed by atoms with Crippen LogP contribution in [0.2, 0.25) is 25.7 Å². The van der Waals surface area contributed by atoms with E-state index in [1.807, 2.05) is 72.6 Å². The van der Waals surface area contributed by atoms with Crippen LogP contribution in [0.1, 0.15) is 65.9 Å². The normalized spacial score (nSPS) is 15.2. The van der Waals surface area contributed by atoms with Crippen LogP contribution in [0.5, 0.6) is 5.75 Å². The van der Waals surface area contributed by atoms with E-state index in [-0.39, 0.29) is 48.4 Å². The van der Waals surface area contributed by atoms with Crippen LogP contribution in [0.25, 0.3) is 26.4 Å². The van der Waals surface area contributed by atoms with Crippen LogP contribution in [0.15, 0.2) is 96.7 Å². The third kappa shape index (κ3) is 11.1. The lowest BCUT2D eigenvalue weighted by Crippen LogP contribution is -2.45. The number of rotatable bonds is 15. The number of hydrogen-bond acceptors (Lipinski definition) is 15. The number of nitrogen functional groups attached to an aromatic ring is 1. The molecule has 0 saturated carbocycles. The van der Waals surface area contributed by atoms with Crippen molar-refractivity contribution in [2.45, 2.75) is 84.1 Å². The summed E-state index contributed by atoms with van der Waals surface area (Å²) in [5.41, 5.74) is 11.8. The Morgan fingerprint density at radius 2 is 1.70 bits per heavy atom. The number of aromatic nitrogens is 3. The SMILES string of the molecule is CCOC(=O)C1=C(c2ccc(COc3ccc(-c4nn(C(=O)OC(C)(C)C)c(N)c4C#N)cc3)cc2)SC(N2CCc3cccc(C(=O)N(COCC[Si](C)(C)C)c4nc5ccccc5s4)c3C2)N1C. The number of para-hydroxylation sites is 1. The van der Waals surface area contributed by atoms with Crippen LogP contribution in [0, 0.1) is 11.3 Å². The van der Waals surface area contributed by atoms with E-state index in [1.54, 1.807) is 68.6 Å². The average Bonchev–Trinajstić information content (AvgIpc) is 4.02. The number of benzene rings is 4. The molecule has 1 unspecified atom stereocenters. The molecule has 2 aliphatic rings. The van der Waals surface area contributed by atoms with Gasteiger partial charge in [-0.3, -0.25) is 14.6 Å². The number of hydrogen-bond donors (Lipinski definition) is 1. The molecule has 15 nitrogen and oxygen atoms in total. The molecule has 1 amide bonds. The van der Waals surface area contributed by atoms with E-state index in [0.717, 1.165) is 61.1 Å². The van der Waals surface area contributed by atoms with Gasteiger partial charge in [0.1, 0.15) is 53.2 Å². The molecule has 0 saturated heterocycles. The predicted molar refractivity (Wildman–Crippen MR) is 278 cm³/mol. The van der Waals surface area contributed by atoms with Crippen molar-refractivity contribution in [1.82, 2.24) is 24.6 Å². The summed E-state index contributed by atoms with van der Waals surface area (Å²) in [6.07, 6.45) is -0.0498. The van der Waals surface area contributed by atoms with Crippen LogP contribution in [-0.2, 0) is 38.6 Å². The molecule has 4 aromatic carbocycles. The van der Waals surface area contributed by atoms with Gasteiger partial charge in [0.15, 0.2) is 10.9 Å². The molecule has 0 aliphatic carbocycles. The Kier molecular flexibility index (Phi) is 14.9. The number of fused-ring (bicyclic) bond motifs is 2. The number of thiazole rings is 1. The lowest BCUT2D eigenvalue weighted by atomic mass is 9.94. The summed E-state index contributed by atoms with van der Waals surface area (Å²) in [5.74, 6) is -0.0788. The Bertz CT molecular complexity index is 2960. The van der Waals surface area contributed by atoms with Gasteiger partial charge in [-0.1, -0.05) is 91.3 Å². The molecule has 2 aliphatic heterocycles. The molecular formula is C52H58N8O7S2Si. The number of esters is 1. The molecule has 0 radical (unpaired) electrons. The fourth-order valence-electron chi connectivity index (χ4n) is 8.13. The number of thioether (sulfide) groups is 1. The zero-order valence-electron chi connectivity index (χ0n) is 40.8. The van der Waals surface area contributed by atoms with E-state index in [2.05, 4.69) is 41.8 Å². The Morgan fingerprint density at radius 3 is 2.39 bits per heavy atom. The van der Waals surface area contributed by atoms with Crippen molar-refractivity contribution in [3.8, 4) is 23.1 Å². The number of likely N-dealkylation sites (N-methyl/N-ethyl adjacent to an activating group) is 1. The number of carbonyl (C=O) groups is 3. The summed E-state index contributed by atoms with van der Waals surface area (Å²) in [6.45, 7) is 16.3. The van der Waals surface area contributed by atoms with E-state index in [4.69, 9.17) is 29.7 Å². The van der Waals surface area contributed by atoms with Crippen LogP contribution >= 0.6 is 23.1 Å². The van der Waals surface area contributed by atoms with E-state index in [1.165, 1.54) is 11.3 Å². The van der Waals surface area contributed by atoms with Crippen molar-refractivity contribution in [3.05, 3.63) is 130 Å². The second-order valence-corrected chi connectivity index (χ2v) is 27.0. The van der Waals surface area contributed by atoms with Crippen molar-refractivity contribution >= 4 is 75.2 Å². The molecule has 6 aromatic rings. The first-order valence-corrected chi connectivity index (χ1v) is 28.6. The Hall–Kier alpha value is -6.49. The van der Waals surface area contributed by atoms with Gasteiger partial charge in [-0.2, -0.15) is 10.4 Å². The van der Waals surface area contributed by atoms with E-state index in [0.29, 0.717) is 40.9 Å². The second kappa shape index (κ2) is 20.8. The van der Waals surface area contributed by atoms with Crippen molar-refractivity contribution in [2.24, 2.45) is 0 Å². The number of anilines is 2. The highest BCUT2D eigenvalue weighted by atomic mass is 32.2. The maximum absolute atomic E-state index is 14.8. The summed E-state index contributed by atoms with van der Waals surface area (Å²) < 4.78 is 25.3. The van der Waals surface area contributed by atoms with Gasteiger partial charge in [-0.15, -0.1) is 4.68 Å². The molecule has 0 bridgehead atoms. The molecule has 1 atom stereocenters. The Morgan fingerprint density at radius 1 is 0.971 bits per heavy atom. The number of ether oxygens (including phenoxy) is 4. The van der Waals surface area contributed by atoms with Crippen LogP contribution in [0.4, 0.5) is 15.7 Å². The number of nitrogens with zero attached hydrogens (tertiary/aromatic N) is 7. The minimum Gasteiger partial charge on any atom is -0.489 e. The molecule has 4 heterocycles. The molecule has 18 heteroatoms. The lowest BCUT2D eigenvalue weighted by molar-refractivity contribution is -0.140. The van der Waals surface area contributed by atoms with Crippen molar-refractivity contribution in [2.75, 3.05) is 44.2 Å². The average molecular weight is 999 g/mol. The monoisotopic (exact) mass is 998 g/mol. The highest BCUT2D eigenvalue weighted by molar-refractivity contribution is 8.09. The van der Waals surface area contributed by atoms with Gasteiger partial charge in [0.05, 0.1) is 16.8 Å². The summed E-state index contributed by atoms with van der Waals surface area (Å²) in [4.78, 5) is 53.0. The Balaban J connectivity index is 0.972. The predicted octanol–water partition coefficient (Wildman–Crippen LogP) is 10.2. The molecule has 8 rings (SSSR count). The quantitative estimate of drug-likeness (QED) is 0.0445. The van der Waals surface area contributed by atoms with E-state index < -0.39 is 25.7 Å². The number of nitriles is 1. The van der Waals surface area contributed by atoms with Crippen LogP contribution in [0.3, 0.4) is 0 Å². The fourth-order valence-corrected chi connectivity index (χ4v) is 11.3. The first-order valence-electron chi connectivity index (χ1n) is 23.2. The van der Waals surface area contributed by atoms with Crippen LogP contribution in [-0.4, -0.2) is 95.2 Å². The van der Waals surface area contributed by atoms with Gasteiger partial charge in [-0.05, 0) is 105 Å². The topological polar surface area (TPSA) is 178 Å². The van der Waals surface area contributed by atoms with Gasteiger partial charge in [0.25, 0.3) is 5.91 Å². The van der Waals surface area contributed by atoms with E-state index in [9.17, 15) is 19.6 Å². The molecule has 70 heavy (non-hydrogen) atoms. The second-order valence-electron chi connectivity index (χ2n) is 19.3. The summed E-state index contributed by atoms with van der Waals surface area (Å²) >= 11 is 3.08. The number of carbonyl (C=O) groups excluding carboxylic acids is 3. The van der Waals surface area contributed by atoms with Crippen molar-refractivity contribution in [3.63, 3.8) is 0 Å². The highest BCUT2D eigenvalue weighted by Crippen LogP contribution is 2.46. The standard InChI is InChI=1S/C52H58N8O7S2Si/c1-9-65-48(62)44-45(36-19-17-33(18-20-36)31-66-37-23-21-35(22-24-37)43-39(29-53)46(54)60(56-43)51(63)67-52(2,3)4)69-50(57(44)5)58-26-25-34-13-12-14-38(40(34)30-58)47(61)59(32-64-27-28-70(6,7)8)49-55-41-15-10-11-16-42(41)68-49/h10-24,50H,9,25-28,30-32,54H2,1-8H3. The number of amides is 1. The minimum atomic E-state index is -1.36. The lowest BCUT2D eigenvalue weighted by Gasteiger charge is -2.38. The summed E-state index contributed by atoms with van der Waals surface area (Å²) in [7, 11) is 0.560. The third-order valence-corrected chi connectivity index (χ3v) is 16.0. The zero-order valence-corrected chi connectivity index (χ0v) is 43.4. The fraction of sp³-hybridized carbons (Fsp3) is 0.346. The zero-order chi connectivity index (χ0) is 49.9. The third-order valence-electron chi connectivity index (χ3n) is 11.8. The number of nitrogens with two attached hydrogens (primary N) is 1. The van der Waals surface area contributed by atoms with Crippen molar-refractivity contribution in [1.29, 1.82) is 5.26 Å². The molecular weight excluding hydrogens is 941 g/mol. The molecule has 0 fully saturated rings.